The SMILES string of the molecule is CCNC(Cc1cc(C)nn1C)c1ccccc1OC. The second-order valence-corrected chi connectivity index (χ2v) is 4.96. The van der Waals surface area contributed by atoms with Crippen molar-refractivity contribution >= 4 is 0 Å². The third kappa shape index (κ3) is 3.20. The zero-order chi connectivity index (χ0) is 14.5. The van der Waals surface area contributed by atoms with Gasteiger partial charge in [-0.05, 0) is 25.6 Å². The molecule has 0 bridgehead atoms. The first kappa shape index (κ1) is 14.6. The predicted octanol–water partition coefficient (Wildman–Crippen LogP) is 2.63. The Bertz CT molecular complexity index is 563. The molecule has 1 N–H and O–H groups in total. The summed E-state index contributed by atoms with van der Waals surface area (Å²) in [4.78, 5) is 0. The zero-order valence-corrected chi connectivity index (χ0v) is 12.7. The van der Waals surface area contributed by atoms with Crippen LogP contribution < -0.4 is 10.1 Å². The fraction of sp³-hybridized carbons (Fsp3) is 0.438. The van der Waals surface area contributed by atoms with E-state index in [9.17, 15) is 0 Å². The summed E-state index contributed by atoms with van der Waals surface area (Å²) in [5.74, 6) is 0.928. The number of aromatic nitrogens is 2. The fourth-order valence-corrected chi connectivity index (χ4v) is 2.56. The number of hydrogen-bond donors (Lipinski definition) is 1. The first-order chi connectivity index (χ1) is 9.65. The van der Waals surface area contributed by atoms with E-state index < -0.39 is 0 Å². The van der Waals surface area contributed by atoms with Gasteiger partial charge in [-0.2, -0.15) is 5.10 Å². The topological polar surface area (TPSA) is 39.1 Å². The largest absolute Gasteiger partial charge is 0.496 e. The van der Waals surface area contributed by atoms with Crippen molar-refractivity contribution in [3.8, 4) is 5.75 Å². The van der Waals surface area contributed by atoms with Crippen molar-refractivity contribution in [2.75, 3.05) is 13.7 Å². The van der Waals surface area contributed by atoms with Gasteiger partial charge < -0.3 is 10.1 Å². The van der Waals surface area contributed by atoms with Crippen molar-refractivity contribution in [1.29, 1.82) is 0 Å². The van der Waals surface area contributed by atoms with Crippen molar-refractivity contribution in [3.05, 3.63) is 47.3 Å². The van der Waals surface area contributed by atoms with Crippen LogP contribution in [0.25, 0.3) is 0 Å². The Kier molecular flexibility index (Phi) is 4.79. The minimum Gasteiger partial charge on any atom is -0.496 e. The van der Waals surface area contributed by atoms with Crippen LogP contribution in [0.1, 0.15) is 29.9 Å². The Morgan fingerprint density at radius 1 is 1.35 bits per heavy atom. The average Bonchev–Trinajstić information content (AvgIpc) is 2.76. The van der Waals surface area contributed by atoms with Gasteiger partial charge in [0.05, 0.1) is 12.8 Å². The molecule has 0 amide bonds. The van der Waals surface area contributed by atoms with Gasteiger partial charge in [0.2, 0.25) is 0 Å². The number of aryl methyl sites for hydroxylation is 2. The van der Waals surface area contributed by atoms with Crippen LogP contribution in [0, 0.1) is 6.92 Å². The molecule has 4 heteroatoms. The summed E-state index contributed by atoms with van der Waals surface area (Å²) < 4.78 is 7.44. The highest BCUT2D eigenvalue weighted by Crippen LogP contribution is 2.27. The van der Waals surface area contributed by atoms with Crippen LogP contribution >= 0.6 is 0 Å². The summed E-state index contributed by atoms with van der Waals surface area (Å²) in [6, 6.07) is 10.5. The quantitative estimate of drug-likeness (QED) is 0.879. The molecule has 0 saturated heterocycles. The Morgan fingerprint density at radius 2 is 2.10 bits per heavy atom. The van der Waals surface area contributed by atoms with Gasteiger partial charge in [0.25, 0.3) is 0 Å². The second kappa shape index (κ2) is 6.57. The number of benzene rings is 1. The highest BCUT2D eigenvalue weighted by Gasteiger charge is 2.17. The molecule has 0 aliphatic carbocycles. The van der Waals surface area contributed by atoms with Gasteiger partial charge in [-0.1, -0.05) is 25.1 Å². The van der Waals surface area contributed by atoms with Gasteiger partial charge in [-0.25, -0.2) is 0 Å². The number of nitrogens with zero attached hydrogens (tertiary/aromatic N) is 2. The molecule has 2 rings (SSSR count). The van der Waals surface area contributed by atoms with Crippen LogP contribution in [0.2, 0.25) is 0 Å². The minimum atomic E-state index is 0.228. The van der Waals surface area contributed by atoms with Crippen LogP contribution in [0.4, 0.5) is 0 Å². The lowest BCUT2D eigenvalue weighted by Crippen LogP contribution is -2.24. The monoisotopic (exact) mass is 273 g/mol. The van der Waals surface area contributed by atoms with Gasteiger partial charge in [-0.15, -0.1) is 0 Å². The Morgan fingerprint density at radius 3 is 2.70 bits per heavy atom. The summed E-state index contributed by atoms with van der Waals surface area (Å²) in [7, 11) is 3.71. The molecule has 20 heavy (non-hydrogen) atoms. The predicted molar refractivity (Wildman–Crippen MR) is 81.1 cm³/mol. The molecule has 0 saturated carbocycles. The molecule has 1 unspecified atom stereocenters. The van der Waals surface area contributed by atoms with Crippen LogP contribution in [0.15, 0.2) is 30.3 Å². The Balaban J connectivity index is 2.29. The van der Waals surface area contributed by atoms with E-state index in [2.05, 4.69) is 35.5 Å². The number of methoxy groups -OCH3 is 1. The molecule has 108 valence electrons. The highest BCUT2D eigenvalue weighted by atomic mass is 16.5. The van der Waals surface area contributed by atoms with E-state index in [4.69, 9.17) is 4.74 Å². The fourth-order valence-electron chi connectivity index (χ4n) is 2.56. The smallest absolute Gasteiger partial charge is 0.123 e. The maximum Gasteiger partial charge on any atom is 0.123 e. The molecule has 2 aromatic rings. The van der Waals surface area contributed by atoms with E-state index >= 15 is 0 Å². The summed E-state index contributed by atoms with van der Waals surface area (Å²) in [5, 5.41) is 7.96. The molecule has 0 radical (unpaired) electrons. The van der Waals surface area contributed by atoms with E-state index in [1.807, 2.05) is 30.8 Å². The van der Waals surface area contributed by atoms with Crippen molar-refractivity contribution in [3.63, 3.8) is 0 Å². The van der Waals surface area contributed by atoms with Gasteiger partial charge >= 0.3 is 0 Å². The van der Waals surface area contributed by atoms with E-state index in [1.165, 1.54) is 11.3 Å². The number of ether oxygens (including phenoxy) is 1. The standard InChI is InChI=1S/C16H23N3O/c1-5-17-15(11-13-10-12(2)18-19(13)3)14-8-6-7-9-16(14)20-4/h6-10,15,17H,5,11H2,1-4H3. The van der Waals surface area contributed by atoms with E-state index in [1.54, 1.807) is 7.11 Å². The molecule has 1 atom stereocenters. The van der Waals surface area contributed by atoms with Gasteiger partial charge in [-0.3, -0.25) is 4.68 Å². The lowest BCUT2D eigenvalue weighted by molar-refractivity contribution is 0.398. The lowest BCUT2D eigenvalue weighted by Gasteiger charge is -2.20. The maximum absolute atomic E-state index is 5.48. The van der Waals surface area contributed by atoms with Gasteiger partial charge in [0.1, 0.15) is 5.75 Å². The summed E-state index contributed by atoms with van der Waals surface area (Å²) in [5.41, 5.74) is 3.47. The summed E-state index contributed by atoms with van der Waals surface area (Å²) >= 11 is 0. The third-order valence-electron chi connectivity index (χ3n) is 3.48. The zero-order valence-electron chi connectivity index (χ0n) is 12.7. The van der Waals surface area contributed by atoms with Crippen molar-refractivity contribution < 1.29 is 4.74 Å². The second-order valence-electron chi connectivity index (χ2n) is 4.96. The molecule has 0 aliphatic rings. The third-order valence-corrected chi connectivity index (χ3v) is 3.48. The highest BCUT2D eigenvalue weighted by molar-refractivity contribution is 5.36. The Labute approximate surface area is 120 Å². The van der Waals surface area contributed by atoms with Crippen LogP contribution in [-0.4, -0.2) is 23.4 Å². The van der Waals surface area contributed by atoms with Crippen LogP contribution in [0.3, 0.4) is 0 Å². The number of para-hydroxylation sites is 1. The summed E-state index contributed by atoms with van der Waals surface area (Å²) in [6.45, 7) is 5.06. The maximum atomic E-state index is 5.48. The summed E-state index contributed by atoms with van der Waals surface area (Å²) in [6.07, 6.45) is 0.894. The minimum absolute atomic E-state index is 0.228. The molecule has 1 aromatic heterocycles. The van der Waals surface area contributed by atoms with E-state index in [0.29, 0.717) is 0 Å². The number of hydrogen-bond acceptors (Lipinski definition) is 3. The van der Waals surface area contributed by atoms with Gasteiger partial charge in [0, 0.05) is 30.8 Å². The molecule has 4 nitrogen and oxygen atoms in total. The molecule has 0 aliphatic heterocycles. The molecule has 0 fully saturated rings. The molecule has 1 heterocycles. The first-order valence-electron chi connectivity index (χ1n) is 7.01. The Hall–Kier alpha value is -1.81. The first-order valence-corrected chi connectivity index (χ1v) is 7.01. The van der Waals surface area contributed by atoms with E-state index in [-0.39, 0.29) is 6.04 Å². The van der Waals surface area contributed by atoms with Crippen molar-refractivity contribution in [2.24, 2.45) is 7.05 Å². The van der Waals surface area contributed by atoms with E-state index in [0.717, 1.165) is 24.4 Å². The number of rotatable bonds is 6. The molecular weight excluding hydrogens is 250 g/mol. The molecular formula is C16H23N3O. The normalized spacial score (nSPS) is 12.4. The van der Waals surface area contributed by atoms with Crippen molar-refractivity contribution in [2.45, 2.75) is 26.3 Å². The molecule has 1 aromatic carbocycles. The number of likely N-dealkylation sites (N-methyl/N-ethyl adjacent to an activating group) is 1. The average molecular weight is 273 g/mol. The molecule has 0 spiro atoms. The van der Waals surface area contributed by atoms with Crippen LogP contribution in [-0.2, 0) is 13.5 Å². The van der Waals surface area contributed by atoms with Crippen molar-refractivity contribution in [1.82, 2.24) is 15.1 Å². The number of nitrogens with one attached hydrogen (secondary N) is 1. The lowest BCUT2D eigenvalue weighted by atomic mass is 10.0. The van der Waals surface area contributed by atoms with Gasteiger partial charge in [0.15, 0.2) is 0 Å². The van der Waals surface area contributed by atoms with Crippen LogP contribution in [0.5, 0.6) is 5.75 Å².